The Balaban J connectivity index is 1.46. The molecule has 0 saturated carbocycles. The van der Waals surface area contributed by atoms with Crippen molar-refractivity contribution in [2.24, 2.45) is 0 Å². The van der Waals surface area contributed by atoms with Crippen LogP contribution < -0.4 is 9.47 Å². The van der Waals surface area contributed by atoms with E-state index in [-0.39, 0.29) is 55.8 Å². The van der Waals surface area contributed by atoms with Crippen LogP contribution >= 0.6 is 0 Å². The fourth-order valence-electron chi connectivity index (χ4n) is 3.51. The quantitative estimate of drug-likeness (QED) is 0.267. The summed E-state index contributed by atoms with van der Waals surface area (Å²) in [4.78, 5) is -0.323. The van der Waals surface area contributed by atoms with Gasteiger partial charge in [-0.2, -0.15) is 0 Å². The van der Waals surface area contributed by atoms with Gasteiger partial charge in [-0.05, 0) is 72.8 Å². The van der Waals surface area contributed by atoms with E-state index in [2.05, 4.69) is 0 Å². The minimum absolute atomic E-state index is 0.00920. The number of benzene rings is 4. The molecule has 0 aliphatic rings. The van der Waals surface area contributed by atoms with Gasteiger partial charge in [-0.3, -0.25) is 0 Å². The van der Waals surface area contributed by atoms with Crippen LogP contribution in [0, 0.1) is 0 Å². The maximum Gasteiger partial charge on any atom is 0.210 e. The van der Waals surface area contributed by atoms with Crippen LogP contribution in [0.25, 0.3) is 0 Å². The van der Waals surface area contributed by atoms with Crippen molar-refractivity contribution in [2.75, 3.05) is 13.2 Å². The summed E-state index contributed by atoms with van der Waals surface area (Å²) in [6, 6.07) is 22.0. The van der Waals surface area contributed by atoms with E-state index in [0.717, 1.165) is 0 Å². The lowest BCUT2D eigenvalue weighted by Crippen LogP contribution is -2.26. The van der Waals surface area contributed by atoms with Gasteiger partial charge in [0.15, 0.2) is 0 Å². The third-order valence-corrected chi connectivity index (χ3v) is 9.05. The van der Waals surface area contributed by atoms with E-state index in [9.17, 15) is 32.2 Å². The van der Waals surface area contributed by atoms with E-state index in [1.54, 1.807) is 12.1 Å². The smallest absolute Gasteiger partial charge is 0.210 e. The highest BCUT2D eigenvalue weighted by Gasteiger charge is 2.24. The molecule has 0 bridgehead atoms. The Bertz CT molecular complexity index is 1490. The number of aliphatic hydroxyl groups is 1. The number of hydrogen-bond acceptors (Lipinski definition) is 9. The third-order valence-electron chi connectivity index (χ3n) is 5.43. The number of ether oxygens (including phenoxy) is 2. The lowest BCUT2D eigenvalue weighted by Gasteiger charge is -2.17. The number of sulfone groups is 2. The maximum absolute atomic E-state index is 13.1. The monoisotopic (exact) mass is 556 g/mol. The Labute approximate surface area is 220 Å². The molecule has 9 nitrogen and oxygen atoms in total. The van der Waals surface area contributed by atoms with Crippen LogP contribution in [-0.4, -0.2) is 51.5 Å². The van der Waals surface area contributed by atoms with E-state index in [1.807, 2.05) is 0 Å². The van der Waals surface area contributed by atoms with Crippen LogP contribution in [0.2, 0.25) is 0 Å². The molecule has 3 N–H and O–H groups in total. The molecule has 0 fully saturated rings. The zero-order valence-corrected chi connectivity index (χ0v) is 21.5. The van der Waals surface area contributed by atoms with E-state index < -0.39 is 25.8 Å². The molecule has 0 unspecified atom stereocenters. The molecule has 11 heteroatoms. The zero-order valence-electron chi connectivity index (χ0n) is 19.8. The van der Waals surface area contributed by atoms with Crippen molar-refractivity contribution in [3.63, 3.8) is 0 Å². The Morgan fingerprint density at radius 3 is 1.26 bits per heavy atom. The molecule has 0 radical (unpaired) electrons. The first-order chi connectivity index (χ1) is 18.1. The topological polar surface area (TPSA) is 147 Å². The molecule has 4 aromatic rings. The van der Waals surface area contributed by atoms with Crippen LogP contribution in [0.15, 0.2) is 117 Å². The highest BCUT2D eigenvalue weighted by atomic mass is 32.2. The average molecular weight is 557 g/mol. The number of hydrogen-bond donors (Lipinski definition) is 3. The summed E-state index contributed by atoms with van der Waals surface area (Å²) in [5, 5.41) is 29.4. The summed E-state index contributed by atoms with van der Waals surface area (Å²) in [6.45, 7) is -0.677. The fourth-order valence-corrected chi connectivity index (χ4v) is 6.30. The van der Waals surface area contributed by atoms with Gasteiger partial charge in [-0.1, -0.05) is 24.3 Å². The van der Waals surface area contributed by atoms with E-state index >= 15 is 0 Å². The fraction of sp³-hybridized carbons (Fsp3) is 0.111. The molecule has 4 aromatic carbocycles. The van der Waals surface area contributed by atoms with Gasteiger partial charge in [0.25, 0.3) is 0 Å². The molecular weight excluding hydrogens is 532 g/mol. The van der Waals surface area contributed by atoms with Crippen molar-refractivity contribution < 1.29 is 41.6 Å². The Kier molecular flexibility index (Phi) is 7.91. The van der Waals surface area contributed by atoms with Gasteiger partial charge in [0.1, 0.15) is 52.1 Å². The Morgan fingerprint density at radius 2 is 0.895 bits per heavy atom. The molecular formula is C27H24O9S2. The summed E-state index contributed by atoms with van der Waals surface area (Å²) in [6.07, 6.45) is -1.23. The SMILES string of the molecule is O=S(=O)(c1ccc(O)cc1)c1ccccc1OCC(O)COc1ccccc1S(=O)(=O)c1ccc(O)cc1. The highest BCUT2D eigenvalue weighted by Crippen LogP contribution is 2.31. The summed E-state index contributed by atoms with van der Waals surface area (Å²) in [7, 11) is -7.94. The van der Waals surface area contributed by atoms with Gasteiger partial charge < -0.3 is 24.8 Å². The highest BCUT2D eigenvalue weighted by molar-refractivity contribution is 7.92. The molecule has 0 saturated heterocycles. The summed E-state index contributed by atoms with van der Waals surface area (Å²) >= 11 is 0. The summed E-state index contributed by atoms with van der Waals surface area (Å²) in [5.41, 5.74) is 0. The predicted octanol–water partition coefficient (Wildman–Crippen LogP) is 3.58. The Morgan fingerprint density at radius 1 is 0.553 bits per heavy atom. The van der Waals surface area contributed by atoms with Crippen LogP contribution in [-0.2, 0) is 19.7 Å². The standard InChI is InChI=1S/C27H24O9S2/c28-19-9-13-22(14-10-19)37(31,32)26-7-3-1-5-24(26)35-17-21(30)18-36-25-6-2-4-8-27(25)38(33,34)23-15-11-20(29)12-16-23/h1-16,21,28-30H,17-18H2. The van der Waals surface area contributed by atoms with Crippen molar-refractivity contribution in [1.82, 2.24) is 0 Å². The number of aromatic hydroxyl groups is 2. The number of aliphatic hydroxyl groups excluding tert-OH is 1. The normalized spacial score (nSPS) is 11.8. The molecule has 0 amide bonds. The second-order valence-corrected chi connectivity index (χ2v) is 12.0. The number of para-hydroxylation sites is 2. The van der Waals surface area contributed by atoms with E-state index in [0.29, 0.717) is 0 Å². The minimum atomic E-state index is -3.97. The molecule has 38 heavy (non-hydrogen) atoms. The second-order valence-electron chi connectivity index (χ2n) is 8.16. The van der Waals surface area contributed by atoms with Gasteiger partial charge in [0.05, 0.1) is 9.79 Å². The van der Waals surface area contributed by atoms with Crippen LogP contribution in [0.5, 0.6) is 23.0 Å². The van der Waals surface area contributed by atoms with E-state index in [1.165, 1.54) is 84.9 Å². The van der Waals surface area contributed by atoms with Crippen LogP contribution in [0.1, 0.15) is 0 Å². The molecule has 0 spiro atoms. The Hall–Kier alpha value is -4.06. The third kappa shape index (κ3) is 5.91. The van der Waals surface area contributed by atoms with Gasteiger partial charge in [-0.25, -0.2) is 16.8 Å². The molecule has 0 heterocycles. The van der Waals surface area contributed by atoms with Crippen LogP contribution in [0.3, 0.4) is 0 Å². The van der Waals surface area contributed by atoms with Gasteiger partial charge in [-0.15, -0.1) is 0 Å². The minimum Gasteiger partial charge on any atom is -0.508 e. The number of rotatable bonds is 10. The molecule has 0 aliphatic heterocycles. The van der Waals surface area contributed by atoms with Gasteiger partial charge in [0, 0.05) is 0 Å². The maximum atomic E-state index is 13.1. The van der Waals surface area contributed by atoms with Crippen molar-refractivity contribution in [1.29, 1.82) is 0 Å². The predicted molar refractivity (Wildman–Crippen MR) is 137 cm³/mol. The first-order valence-electron chi connectivity index (χ1n) is 11.3. The summed E-state index contributed by atoms with van der Waals surface area (Å²) < 4.78 is 63.5. The number of phenolic OH excluding ortho intramolecular Hbond substituents is 2. The van der Waals surface area contributed by atoms with E-state index in [4.69, 9.17) is 9.47 Å². The van der Waals surface area contributed by atoms with Crippen molar-refractivity contribution >= 4 is 19.7 Å². The van der Waals surface area contributed by atoms with Crippen molar-refractivity contribution in [3.05, 3.63) is 97.1 Å². The first-order valence-corrected chi connectivity index (χ1v) is 14.3. The lowest BCUT2D eigenvalue weighted by molar-refractivity contribution is 0.0606. The second kappa shape index (κ2) is 11.1. The molecule has 0 aromatic heterocycles. The van der Waals surface area contributed by atoms with Crippen molar-refractivity contribution in [3.8, 4) is 23.0 Å². The van der Waals surface area contributed by atoms with Gasteiger partial charge >= 0.3 is 0 Å². The molecule has 198 valence electrons. The molecule has 0 atom stereocenters. The molecule has 4 rings (SSSR count). The largest absolute Gasteiger partial charge is 0.508 e. The zero-order chi connectivity index (χ0) is 27.3. The summed E-state index contributed by atoms with van der Waals surface area (Å²) in [5.74, 6) is -0.132. The average Bonchev–Trinajstić information content (AvgIpc) is 2.91. The number of phenols is 2. The van der Waals surface area contributed by atoms with Gasteiger partial charge in [0.2, 0.25) is 19.7 Å². The van der Waals surface area contributed by atoms with Crippen LogP contribution in [0.4, 0.5) is 0 Å². The first kappa shape index (κ1) is 27.0. The van der Waals surface area contributed by atoms with Crippen molar-refractivity contribution in [2.45, 2.75) is 25.7 Å². The lowest BCUT2D eigenvalue weighted by atomic mass is 10.3. The molecule has 0 aliphatic carbocycles.